The monoisotopic (exact) mass is 221 g/mol. The van der Waals surface area contributed by atoms with Crippen LogP contribution in [0, 0.1) is 0 Å². The Morgan fingerprint density at radius 1 is 1.47 bits per heavy atom. The number of nitrogen functional groups attached to an aromatic ring is 1. The smallest absolute Gasteiger partial charge is 0.292 e. The van der Waals surface area contributed by atoms with E-state index < -0.39 is 0 Å². The third kappa shape index (κ3) is 2.24. The van der Waals surface area contributed by atoms with Crippen LogP contribution in [0.3, 0.4) is 0 Å². The van der Waals surface area contributed by atoms with Crippen molar-refractivity contribution in [3.8, 4) is 0 Å². The number of nitrogens with zero attached hydrogens (tertiary/aromatic N) is 1. The van der Waals surface area contributed by atoms with Crippen molar-refractivity contribution in [3.63, 3.8) is 0 Å². The summed E-state index contributed by atoms with van der Waals surface area (Å²) < 4.78 is 5.17. The third-order valence-corrected chi connectivity index (χ3v) is 2.80. The number of hydrogen-bond acceptors (Lipinski definition) is 5. The van der Waals surface area contributed by atoms with Crippen molar-refractivity contribution >= 4 is 28.9 Å². The van der Waals surface area contributed by atoms with E-state index >= 15 is 0 Å². The quantitative estimate of drug-likeness (QED) is 0.775. The lowest BCUT2D eigenvalue weighted by molar-refractivity contribution is 0.626. The molecular formula is C10H11N3OS. The number of nitrogens with two attached hydrogens (primary N) is 2. The number of hydrogen-bond donors (Lipinski definition) is 2. The Morgan fingerprint density at radius 3 is 3.13 bits per heavy atom. The molecule has 0 aliphatic carbocycles. The minimum Gasteiger partial charge on any atom is -0.424 e. The van der Waals surface area contributed by atoms with Crippen LogP contribution in [-0.2, 0) is 0 Å². The molecule has 4 N–H and O–H groups in total. The summed E-state index contributed by atoms with van der Waals surface area (Å²) in [5.41, 5.74) is 12.2. The van der Waals surface area contributed by atoms with Gasteiger partial charge < -0.3 is 15.9 Å². The van der Waals surface area contributed by atoms with Crippen molar-refractivity contribution in [2.75, 3.05) is 11.5 Å². The molecule has 2 rings (SSSR count). The zero-order valence-corrected chi connectivity index (χ0v) is 8.83. The molecule has 0 atom stereocenters. The van der Waals surface area contributed by atoms with E-state index in [0.717, 1.165) is 16.2 Å². The molecule has 0 aliphatic rings. The Kier molecular flexibility index (Phi) is 2.82. The molecule has 0 saturated heterocycles. The molecule has 1 heterocycles. The molecule has 1 aromatic heterocycles. The van der Waals surface area contributed by atoms with Crippen LogP contribution in [0.5, 0.6) is 0 Å². The molecule has 4 nitrogen and oxygen atoms in total. The first-order valence-electron chi connectivity index (χ1n) is 4.45. The second kappa shape index (κ2) is 4.27. The number of fused-ring (bicyclic) bond motifs is 1. The topological polar surface area (TPSA) is 78.1 Å². The number of anilines is 1. The molecule has 5 heteroatoms. The maximum absolute atomic E-state index is 5.45. The lowest BCUT2D eigenvalue weighted by Gasteiger charge is -1.96. The van der Waals surface area contributed by atoms with Crippen molar-refractivity contribution in [3.05, 3.63) is 30.5 Å². The predicted molar refractivity (Wildman–Crippen MR) is 62.5 cm³/mol. The van der Waals surface area contributed by atoms with Gasteiger partial charge in [0.25, 0.3) is 6.01 Å². The number of thioether (sulfide) groups is 1. The van der Waals surface area contributed by atoms with Gasteiger partial charge >= 0.3 is 0 Å². The van der Waals surface area contributed by atoms with E-state index in [1.807, 2.05) is 24.3 Å². The highest BCUT2D eigenvalue weighted by Crippen LogP contribution is 2.24. The fraction of sp³-hybridized carbons (Fsp3) is 0.100. The van der Waals surface area contributed by atoms with Gasteiger partial charge in [0.05, 0.1) is 0 Å². The Morgan fingerprint density at radius 2 is 2.33 bits per heavy atom. The molecule has 0 fully saturated rings. The van der Waals surface area contributed by atoms with Crippen LogP contribution in [0.1, 0.15) is 0 Å². The molecule has 1 aromatic carbocycles. The highest BCUT2D eigenvalue weighted by Gasteiger charge is 2.03. The first-order valence-corrected chi connectivity index (χ1v) is 5.44. The summed E-state index contributed by atoms with van der Waals surface area (Å²) in [5.74, 6) is 0.843. The van der Waals surface area contributed by atoms with Gasteiger partial charge in [-0.05, 0) is 24.4 Å². The van der Waals surface area contributed by atoms with Crippen molar-refractivity contribution in [1.82, 2.24) is 4.98 Å². The second-order valence-electron chi connectivity index (χ2n) is 2.92. The van der Waals surface area contributed by atoms with E-state index in [9.17, 15) is 0 Å². The third-order valence-electron chi connectivity index (χ3n) is 1.86. The SMILES string of the molecule is NC=CCSc1ccc2oc(N)nc2c1. The van der Waals surface area contributed by atoms with Crippen LogP contribution in [0.4, 0.5) is 6.01 Å². The number of benzene rings is 1. The van der Waals surface area contributed by atoms with Crippen molar-refractivity contribution in [1.29, 1.82) is 0 Å². The second-order valence-corrected chi connectivity index (χ2v) is 4.01. The van der Waals surface area contributed by atoms with Gasteiger partial charge in [-0.3, -0.25) is 0 Å². The van der Waals surface area contributed by atoms with Crippen LogP contribution in [0.15, 0.2) is 39.8 Å². The lowest BCUT2D eigenvalue weighted by atomic mass is 10.3. The molecule has 2 aromatic rings. The Hall–Kier alpha value is -1.62. The largest absolute Gasteiger partial charge is 0.424 e. The number of aromatic nitrogens is 1. The first-order chi connectivity index (χ1) is 7.29. The van der Waals surface area contributed by atoms with E-state index in [4.69, 9.17) is 15.9 Å². The molecule has 15 heavy (non-hydrogen) atoms. The summed E-state index contributed by atoms with van der Waals surface area (Å²) in [6, 6.07) is 5.99. The summed E-state index contributed by atoms with van der Waals surface area (Å²) in [6.45, 7) is 0. The summed E-state index contributed by atoms with van der Waals surface area (Å²) in [7, 11) is 0. The fourth-order valence-electron chi connectivity index (χ4n) is 1.21. The van der Waals surface area contributed by atoms with Crippen LogP contribution >= 0.6 is 11.8 Å². The molecule has 0 aliphatic heterocycles. The molecule has 0 bridgehead atoms. The fourth-order valence-corrected chi connectivity index (χ4v) is 1.97. The molecule has 0 unspecified atom stereocenters. The van der Waals surface area contributed by atoms with E-state index in [1.54, 1.807) is 18.0 Å². The van der Waals surface area contributed by atoms with Crippen molar-refractivity contribution in [2.24, 2.45) is 5.73 Å². The van der Waals surface area contributed by atoms with E-state index in [0.29, 0.717) is 5.58 Å². The van der Waals surface area contributed by atoms with E-state index in [-0.39, 0.29) is 6.01 Å². The average Bonchev–Trinajstić information content (AvgIpc) is 2.57. The molecule has 0 radical (unpaired) electrons. The predicted octanol–water partition coefficient (Wildman–Crippen LogP) is 1.97. The number of rotatable bonds is 3. The number of oxazole rings is 1. The molecule has 78 valence electrons. The van der Waals surface area contributed by atoms with E-state index in [1.165, 1.54) is 0 Å². The van der Waals surface area contributed by atoms with Crippen LogP contribution in [0.25, 0.3) is 11.1 Å². The van der Waals surface area contributed by atoms with Gasteiger partial charge in [-0.25, -0.2) is 0 Å². The normalized spacial score (nSPS) is 11.5. The highest BCUT2D eigenvalue weighted by molar-refractivity contribution is 7.99. The highest BCUT2D eigenvalue weighted by atomic mass is 32.2. The minimum absolute atomic E-state index is 0.203. The average molecular weight is 221 g/mol. The minimum atomic E-state index is 0.203. The van der Waals surface area contributed by atoms with Gasteiger partial charge in [0, 0.05) is 10.6 Å². The van der Waals surface area contributed by atoms with Gasteiger partial charge in [-0.2, -0.15) is 4.98 Å². The van der Waals surface area contributed by atoms with Crippen molar-refractivity contribution < 1.29 is 4.42 Å². The van der Waals surface area contributed by atoms with Gasteiger partial charge in [0.15, 0.2) is 5.58 Å². The zero-order valence-electron chi connectivity index (χ0n) is 8.01. The van der Waals surface area contributed by atoms with Crippen LogP contribution < -0.4 is 11.5 Å². The van der Waals surface area contributed by atoms with Gasteiger partial charge in [0.1, 0.15) is 5.52 Å². The Labute approximate surface area is 91.3 Å². The summed E-state index contributed by atoms with van der Waals surface area (Å²) in [5, 5.41) is 0. The first kappa shape index (κ1) is 9.92. The summed E-state index contributed by atoms with van der Waals surface area (Å²) in [4.78, 5) is 5.18. The van der Waals surface area contributed by atoms with Gasteiger partial charge in [-0.1, -0.05) is 6.08 Å². The molecular weight excluding hydrogens is 210 g/mol. The maximum Gasteiger partial charge on any atom is 0.292 e. The van der Waals surface area contributed by atoms with Gasteiger partial charge in [-0.15, -0.1) is 11.8 Å². The zero-order chi connectivity index (χ0) is 10.7. The van der Waals surface area contributed by atoms with E-state index in [2.05, 4.69) is 4.98 Å². The molecule has 0 spiro atoms. The van der Waals surface area contributed by atoms with Crippen LogP contribution in [0.2, 0.25) is 0 Å². The maximum atomic E-state index is 5.45. The summed E-state index contributed by atoms with van der Waals surface area (Å²) >= 11 is 1.68. The molecule has 0 amide bonds. The lowest BCUT2D eigenvalue weighted by Crippen LogP contribution is -1.81. The standard InChI is InChI=1S/C10H11N3OS/c11-4-1-5-15-7-2-3-9-8(6-7)13-10(12)14-9/h1-4,6H,5,11H2,(H2,12,13). The van der Waals surface area contributed by atoms with Crippen molar-refractivity contribution in [2.45, 2.75) is 4.90 Å². The Balaban J connectivity index is 2.22. The Bertz CT molecular complexity index is 492. The molecule has 0 saturated carbocycles. The van der Waals surface area contributed by atoms with Crippen LogP contribution in [-0.4, -0.2) is 10.7 Å². The summed E-state index contributed by atoms with van der Waals surface area (Å²) in [6.07, 6.45) is 3.44. The van der Waals surface area contributed by atoms with Gasteiger partial charge in [0.2, 0.25) is 0 Å².